The number of fused-ring (bicyclic) bond motifs is 1. The Balaban J connectivity index is 1.95. The number of nitrogens with one attached hydrogen (secondary N) is 2. The molecule has 1 heterocycles. The van der Waals surface area contributed by atoms with Gasteiger partial charge in [-0.15, -0.1) is 0 Å². The third-order valence-electron chi connectivity index (χ3n) is 3.07. The van der Waals surface area contributed by atoms with Gasteiger partial charge in [-0.2, -0.15) is 0 Å². The van der Waals surface area contributed by atoms with E-state index >= 15 is 0 Å². The molecule has 2 N–H and O–H groups in total. The summed E-state index contributed by atoms with van der Waals surface area (Å²) >= 11 is 0. The highest BCUT2D eigenvalue weighted by Gasteiger charge is 2.14. The maximum Gasteiger partial charge on any atom is 0.257 e. The number of aromatic nitrogens is 1. The maximum atomic E-state index is 13.5. The number of aromatic amines is 1. The van der Waals surface area contributed by atoms with Crippen LogP contribution in [-0.4, -0.2) is 10.9 Å². The Morgan fingerprint density at radius 3 is 2.48 bits per heavy atom. The van der Waals surface area contributed by atoms with Crippen molar-refractivity contribution in [1.29, 1.82) is 0 Å². The van der Waals surface area contributed by atoms with Crippen LogP contribution in [0.15, 0.2) is 42.6 Å². The number of halogens is 3. The Labute approximate surface area is 117 Å². The Morgan fingerprint density at radius 1 is 1.00 bits per heavy atom. The van der Waals surface area contributed by atoms with Gasteiger partial charge in [-0.25, -0.2) is 13.2 Å². The minimum absolute atomic E-state index is 0.146. The number of carbonyl (C=O) groups is 1. The molecule has 0 aliphatic rings. The molecule has 106 valence electrons. The van der Waals surface area contributed by atoms with Crippen LogP contribution in [0, 0.1) is 17.5 Å². The first-order valence-electron chi connectivity index (χ1n) is 6.07. The fourth-order valence-corrected chi connectivity index (χ4v) is 2.06. The lowest BCUT2D eigenvalue weighted by atomic mass is 10.1. The molecule has 0 aliphatic carbocycles. The van der Waals surface area contributed by atoms with Crippen LogP contribution in [0.2, 0.25) is 0 Å². The van der Waals surface area contributed by atoms with Gasteiger partial charge in [0.05, 0.1) is 11.3 Å². The summed E-state index contributed by atoms with van der Waals surface area (Å²) in [7, 11) is 0. The van der Waals surface area contributed by atoms with Crippen LogP contribution in [0.3, 0.4) is 0 Å². The number of hydrogen-bond donors (Lipinski definition) is 2. The summed E-state index contributed by atoms with van der Waals surface area (Å²) in [4.78, 5) is 14.9. The average Bonchev–Trinajstić information content (AvgIpc) is 2.85. The van der Waals surface area contributed by atoms with E-state index in [4.69, 9.17) is 0 Å². The third kappa shape index (κ3) is 2.47. The Bertz CT molecular complexity index is 842. The number of amides is 1. The molecule has 1 aromatic heterocycles. The first kappa shape index (κ1) is 13.2. The lowest BCUT2D eigenvalue weighted by molar-refractivity contribution is 0.102. The minimum atomic E-state index is -0.880. The van der Waals surface area contributed by atoms with Gasteiger partial charge in [0.2, 0.25) is 0 Å². The van der Waals surface area contributed by atoms with E-state index in [0.717, 1.165) is 12.1 Å². The molecule has 0 aliphatic heterocycles. The van der Waals surface area contributed by atoms with Gasteiger partial charge >= 0.3 is 0 Å². The molecule has 0 fully saturated rings. The standard InChI is InChI=1S/C15H9F3N2O/c16-8-1-3-13-10(5-8)11(7-19-13)15(21)20-14-4-2-9(17)6-12(14)18/h1-7,19H,(H,20,21). The second kappa shape index (κ2) is 4.97. The number of benzene rings is 2. The zero-order chi connectivity index (χ0) is 15.0. The molecule has 0 bridgehead atoms. The van der Waals surface area contributed by atoms with Crippen molar-refractivity contribution in [2.45, 2.75) is 0 Å². The van der Waals surface area contributed by atoms with Gasteiger partial charge in [0.15, 0.2) is 0 Å². The minimum Gasteiger partial charge on any atom is -0.360 e. The van der Waals surface area contributed by atoms with Crippen LogP contribution < -0.4 is 5.32 Å². The molecule has 0 atom stereocenters. The van der Waals surface area contributed by atoms with Crippen LogP contribution in [0.25, 0.3) is 10.9 Å². The fourth-order valence-electron chi connectivity index (χ4n) is 2.06. The van der Waals surface area contributed by atoms with E-state index < -0.39 is 23.4 Å². The number of anilines is 1. The van der Waals surface area contributed by atoms with E-state index in [0.29, 0.717) is 17.0 Å². The van der Waals surface area contributed by atoms with Crippen LogP contribution in [0.1, 0.15) is 10.4 Å². The van der Waals surface area contributed by atoms with Crippen molar-refractivity contribution >= 4 is 22.5 Å². The molecule has 2 aromatic carbocycles. The summed E-state index contributed by atoms with van der Waals surface area (Å²) in [5.41, 5.74) is 0.613. The summed E-state index contributed by atoms with van der Waals surface area (Å²) < 4.78 is 39.6. The molecule has 3 aromatic rings. The van der Waals surface area contributed by atoms with Gasteiger partial charge in [0.1, 0.15) is 17.5 Å². The quantitative estimate of drug-likeness (QED) is 0.740. The van der Waals surface area contributed by atoms with Crippen molar-refractivity contribution in [3.8, 4) is 0 Å². The van der Waals surface area contributed by atoms with Crippen molar-refractivity contribution in [2.75, 3.05) is 5.32 Å². The zero-order valence-electron chi connectivity index (χ0n) is 10.6. The fraction of sp³-hybridized carbons (Fsp3) is 0. The highest BCUT2D eigenvalue weighted by Crippen LogP contribution is 2.22. The predicted octanol–water partition coefficient (Wildman–Crippen LogP) is 3.84. The largest absolute Gasteiger partial charge is 0.360 e. The van der Waals surface area contributed by atoms with E-state index in [1.54, 1.807) is 0 Å². The van der Waals surface area contributed by atoms with E-state index in [9.17, 15) is 18.0 Å². The van der Waals surface area contributed by atoms with E-state index in [-0.39, 0.29) is 11.3 Å². The van der Waals surface area contributed by atoms with Crippen molar-refractivity contribution in [2.24, 2.45) is 0 Å². The lowest BCUT2D eigenvalue weighted by Gasteiger charge is -2.05. The second-order valence-electron chi connectivity index (χ2n) is 4.47. The molecule has 21 heavy (non-hydrogen) atoms. The first-order valence-corrected chi connectivity index (χ1v) is 6.07. The van der Waals surface area contributed by atoms with E-state index in [2.05, 4.69) is 10.3 Å². The molecule has 6 heteroatoms. The van der Waals surface area contributed by atoms with Gasteiger partial charge in [0, 0.05) is 23.2 Å². The summed E-state index contributed by atoms with van der Waals surface area (Å²) in [6, 6.07) is 6.80. The van der Waals surface area contributed by atoms with Gasteiger partial charge in [-0.05, 0) is 30.3 Å². The third-order valence-corrected chi connectivity index (χ3v) is 3.07. The van der Waals surface area contributed by atoms with Crippen LogP contribution in [0.4, 0.5) is 18.9 Å². The summed E-state index contributed by atoms with van der Waals surface area (Å²) in [6.45, 7) is 0. The van der Waals surface area contributed by atoms with Crippen LogP contribution in [-0.2, 0) is 0 Å². The first-order chi connectivity index (χ1) is 10.0. The van der Waals surface area contributed by atoms with Crippen LogP contribution in [0.5, 0.6) is 0 Å². The Morgan fingerprint density at radius 2 is 1.71 bits per heavy atom. The van der Waals surface area contributed by atoms with Crippen LogP contribution >= 0.6 is 0 Å². The molecular weight excluding hydrogens is 281 g/mol. The predicted molar refractivity (Wildman–Crippen MR) is 72.6 cm³/mol. The zero-order valence-corrected chi connectivity index (χ0v) is 10.6. The van der Waals surface area contributed by atoms with Gasteiger partial charge in [0.25, 0.3) is 5.91 Å². The molecule has 0 saturated heterocycles. The number of hydrogen-bond acceptors (Lipinski definition) is 1. The van der Waals surface area contributed by atoms with Gasteiger partial charge in [-0.3, -0.25) is 4.79 Å². The summed E-state index contributed by atoms with van der Waals surface area (Å²) in [5, 5.41) is 2.71. The topological polar surface area (TPSA) is 44.9 Å². The second-order valence-corrected chi connectivity index (χ2v) is 4.47. The molecule has 3 nitrogen and oxygen atoms in total. The molecule has 3 rings (SSSR count). The summed E-state index contributed by atoms with van der Waals surface area (Å²) in [5.74, 6) is -2.71. The van der Waals surface area contributed by atoms with Gasteiger partial charge < -0.3 is 10.3 Å². The van der Waals surface area contributed by atoms with Crippen molar-refractivity contribution in [1.82, 2.24) is 4.98 Å². The normalized spacial score (nSPS) is 10.8. The molecule has 0 saturated carbocycles. The Kier molecular flexibility index (Phi) is 3.13. The molecular formula is C15H9F3N2O. The monoisotopic (exact) mass is 290 g/mol. The smallest absolute Gasteiger partial charge is 0.257 e. The SMILES string of the molecule is O=C(Nc1ccc(F)cc1F)c1c[nH]c2ccc(F)cc12. The van der Waals surface area contributed by atoms with E-state index in [1.165, 1.54) is 24.4 Å². The molecule has 1 amide bonds. The Hall–Kier alpha value is -2.76. The van der Waals surface area contributed by atoms with Crippen molar-refractivity contribution in [3.63, 3.8) is 0 Å². The lowest BCUT2D eigenvalue weighted by Crippen LogP contribution is -2.12. The molecule has 0 spiro atoms. The number of H-pyrrole nitrogens is 1. The average molecular weight is 290 g/mol. The van der Waals surface area contributed by atoms with Gasteiger partial charge in [-0.1, -0.05) is 0 Å². The highest BCUT2D eigenvalue weighted by molar-refractivity contribution is 6.12. The molecule has 0 radical (unpaired) electrons. The van der Waals surface area contributed by atoms with Crippen molar-refractivity contribution < 1.29 is 18.0 Å². The molecule has 0 unspecified atom stereocenters. The highest BCUT2D eigenvalue weighted by atomic mass is 19.1. The summed E-state index contributed by atoms with van der Waals surface area (Å²) in [6.07, 6.45) is 1.40. The van der Waals surface area contributed by atoms with Crippen molar-refractivity contribution in [3.05, 3.63) is 65.6 Å². The number of carbonyl (C=O) groups excluding carboxylic acids is 1. The van der Waals surface area contributed by atoms with E-state index in [1.807, 2.05) is 0 Å². The number of rotatable bonds is 2. The maximum absolute atomic E-state index is 13.5.